The zero-order chi connectivity index (χ0) is 7.76. The Hall–Kier alpha value is -0.260. The first-order valence-corrected chi connectivity index (χ1v) is 5.62. The van der Waals surface area contributed by atoms with Gasteiger partial charge in [0.1, 0.15) is 0 Å². The second kappa shape index (κ2) is 1.66. The smallest absolute Gasteiger partial charge is 0.00509 e. The molecule has 0 saturated heterocycles. The normalized spacial score (nSPS) is 51.3. The largest absolute Gasteiger partial charge is 0.0813 e. The van der Waals surface area contributed by atoms with Crippen LogP contribution in [0.5, 0.6) is 0 Å². The molecule has 0 nitrogen and oxygen atoms in total. The molecule has 0 aromatic carbocycles. The predicted octanol–water partition coefficient (Wildman–Crippen LogP) is 3.14. The highest BCUT2D eigenvalue weighted by Crippen LogP contribution is 2.73. The van der Waals surface area contributed by atoms with Crippen LogP contribution in [0.1, 0.15) is 38.5 Å². The number of allylic oxidation sites excluding steroid dienone is 2. The van der Waals surface area contributed by atoms with E-state index in [2.05, 4.69) is 6.08 Å². The Bertz CT molecular complexity index is 268. The van der Waals surface area contributed by atoms with E-state index in [0.717, 1.165) is 23.2 Å². The average Bonchev–Trinajstić information content (AvgIpc) is 2.76. The van der Waals surface area contributed by atoms with Gasteiger partial charge in [-0.15, -0.1) is 0 Å². The van der Waals surface area contributed by atoms with E-state index in [1.165, 1.54) is 12.8 Å². The second-order valence-electron chi connectivity index (χ2n) is 5.43. The molecule has 0 radical (unpaired) electrons. The highest BCUT2D eigenvalue weighted by atomic mass is 14.7. The van der Waals surface area contributed by atoms with Gasteiger partial charge in [-0.05, 0) is 48.9 Å². The Morgan fingerprint density at radius 3 is 2.50 bits per heavy atom. The third kappa shape index (κ3) is 0.448. The van der Waals surface area contributed by atoms with Crippen LogP contribution in [0, 0.1) is 23.2 Å². The van der Waals surface area contributed by atoms with Gasteiger partial charge in [0, 0.05) is 0 Å². The van der Waals surface area contributed by atoms with Crippen molar-refractivity contribution in [1.29, 1.82) is 0 Å². The second-order valence-corrected chi connectivity index (χ2v) is 5.43. The first kappa shape index (κ1) is 6.23. The maximum Gasteiger partial charge on any atom is -0.00509 e. The molecule has 0 aromatic heterocycles. The highest BCUT2D eigenvalue weighted by Gasteiger charge is 2.64. The highest BCUT2D eigenvalue weighted by molar-refractivity contribution is 5.40. The summed E-state index contributed by atoms with van der Waals surface area (Å²) in [6.07, 6.45) is 11.9. The summed E-state index contributed by atoms with van der Waals surface area (Å²) in [5.41, 5.74) is 2.73. The van der Waals surface area contributed by atoms with Crippen molar-refractivity contribution in [1.82, 2.24) is 0 Å². The van der Waals surface area contributed by atoms with E-state index in [0.29, 0.717) is 0 Å². The van der Waals surface area contributed by atoms with Gasteiger partial charge in [0.15, 0.2) is 0 Å². The summed E-state index contributed by atoms with van der Waals surface area (Å²) in [6, 6.07) is 0. The summed E-state index contributed by atoms with van der Waals surface area (Å²) >= 11 is 0. The third-order valence-electron chi connectivity index (χ3n) is 5.19. The van der Waals surface area contributed by atoms with Gasteiger partial charge in [-0.3, -0.25) is 0 Å². The Morgan fingerprint density at radius 2 is 2.00 bits per heavy atom. The minimum atomic E-state index is 0.803. The fourth-order valence-electron chi connectivity index (χ4n) is 4.86. The maximum absolute atomic E-state index is 2.66. The molecule has 2 bridgehead atoms. The lowest BCUT2D eigenvalue weighted by atomic mass is 9.50. The summed E-state index contributed by atoms with van der Waals surface area (Å²) in [5, 5.41) is 0. The molecule has 0 aliphatic heterocycles. The van der Waals surface area contributed by atoms with Gasteiger partial charge in [-0.1, -0.05) is 24.5 Å². The lowest BCUT2D eigenvalue weighted by Crippen LogP contribution is -2.46. The Balaban J connectivity index is 1.84. The summed E-state index contributed by atoms with van der Waals surface area (Å²) in [7, 11) is 0. The fraction of sp³-hybridized carbons (Fsp3) is 0.833. The molecule has 0 N–H and O–H groups in total. The zero-order valence-corrected chi connectivity index (χ0v) is 7.55. The van der Waals surface area contributed by atoms with Crippen LogP contribution in [0.25, 0.3) is 0 Å². The summed E-state index contributed by atoms with van der Waals surface area (Å²) < 4.78 is 0. The van der Waals surface area contributed by atoms with E-state index in [4.69, 9.17) is 0 Å². The van der Waals surface area contributed by atoms with Gasteiger partial charge >= 0.3 is 0 Å². The standard InChI is InChI=1S/C12H16/c1-2-4-12(3-1)10-6-8-5-9(10)11(12)7-8/h6,8-9,11H,1-5,7H2. The zero-order valence-electron chi connectivity index (χ0n) is 7.55. The quantitative estimate of drug-likeness (QED) is 0.477. The maximum atomic E-state index is 2.66. The van der Waals surface area contributed by atoms with Crippen molar-refractivity contribution in [3.8, 4) is 0 Å². The Morgan fingerprint density at radius 1 is 1.17 bits per heavy atom. The number of hydrogen-bond donors (Lipinski definition) is 0. The molecule has 0 heterocycles. The predicted molar refractivity (Wildman–Crippen MR) is 48.7 cm³/mol. The lowest BCUT2D eigenvalue weighted by Gasteiger charge is -2.54. The van der Waals surface area contributed by atoms with Crippen LogP contribution < -0.4 is 0 Å². The summed E-state index contributed by atoms with van der Waals surface area (Å²) in [6.45, 7) is 0. The van der Waals surface area contributed by atoms with Gasteiger partial charge in [-0.25, -0.2) is 0 Å². The number of hydrogen-bond acceptors (Lipinski definition) is 0. The van der Waals surface area contributed by atoms with Crippen molar-refractivity contribution in [2.24, 2.45) is 23.2 Å². The monoisotopic (exact) mass is 160 g/mol. The van der Waals surface area contributed by atoms with Crippen molar-refractivity contribution >= 4 is 0 Å². The molecule has 0 heteroatoms. The van der Waals surface area contributed by atoms with Gasteiger partial charge < -0.3 is 0 Å². The molecule has 1 spiro atoms. The molecule has 3 atom stereocenters. The first-order chi connectivity index (χ1) is 5.90. The average molecular weight is 160 g/mol. The first-order valence-electron chi connectivity index (χ1n) is 5.62. The molecule has 4 aliphatic carbocycles. The van der Waals surface area contributed by atoms with Crippen LogP contribution in [-0.4, -0.2) is 0 Å². The van der Waals surface area contributed by atoms with Crippen molar-refractivity contribution in [2.45, 2.75) is 38.5 Å². The van der Waals surface area contributed by atoms with Gasteiger partial charge in [0.2, 0.25) is 0 Å². The van der Waals surface area contributed by atoms with E-state index in [1.807, 2.05) is 5.57 Å². The van der Waals surface area contributed by atoms with Crippen LogP contribution in [0.2, 0.25) is 0 Å². The molecular formula is C12H16. The molecule has 0 aromatic rings. The van der Waals surface area contributed by atoms with E-state index < -0.39 is 0 Å². The summed E-state index contributed by atoms with van der Waals surface area (Å²) in [5.74, 6) is 3.28. The van der Waals surface area contributed by atoms with Crippen molar-refractivity contribution in [3.05, 3.63) is 11.6 Å². The molecule has 3 fully saturated rings. The van der Waals surface area contributed by atoms with Crippen molar-refractivity contribution < 1.29 is 0 Å². The number of rotatable bonds is 0. The van der Waals surface area contributed by atoms with Crippen molar-refractivity contribution in [2.75, 3.05) is 0 Å². The summed E-state index contributed by atoms with van der Waals surface area (Å²) in [4.78, 5) is 0. The van der Waals surface area contributed by atoms with Crippen LogP contribution in [0.4, 0.5) is 0 Å². The van der Waals surface area contributed by atoms with Crippen molar-refractivity contribution in [3.63, 3.8) is 0 Å². The fourth-order valence-corrected chi connectivity index (χ4v) is 4.86. The van der Waals surface area contributed by atoms with Gasteiger partial charge in [0.05, 0.1) is 0 Å². The molecule has 12 heavy (non-hydrogen) atoms. The molecule has 4 aliphatic rings. The third-order valence-corrected chi connectivity index (χ3v) is 5.19. The molecule has 4 rings (SSSR count). The van der Waals surface area contributed by atoms with Crippen LogP contribution >= 0.6 is 0 Å². The molecule has 0 amide bonds. The van der Waals surface area contributed by atoms with E-state index in [-0.39, 0.29) is 0 Å². The van der Waals surface area contributed by atoms with E-state index >= 15 is 0 Å². The Labute approximate surface area is 74.0 Å². The SMILES string of the molecule is C1=C2C3CC1CC3C21CCCC1. The van der Waals surface area contributed by atoms with E-state index in [1.54, 1.807) is 25.7 Å². The topological polar surface area (TPSA) is 0 Å². The molecule has 64 valence electrons. The van der Waals surface area contributed by atoms with Gasteiger partial charge in [0.25, 0.3) is 0 Å². The molecular weight excluding hydrogens is 144 g/mol. The van der Waals surface area contributed by atoms with E-state index in [9.17, 15) is 0 Å². The minimum Gasteiger partial charge on any atom is -0.0813 e. The Kier molecular flexibility index (Phi) is 0.865. The molecule has 3 saturated carbocycles. The van der Waals surface area contributed by atoms with Crippen LogP contribution in [0.3, 0.4) is 0 Å². The van der Waals surface area contributed by atoms with Crippen LogP contribution in [0.15, 0.2) is 11.6 Å². The van der Waals surface area contributed by atoms with Gasteiger partial charge in [-0.2, -0.15) is 0 Å². The minimum absolute atomic E-state index is 0.803. The lowest BCUT2D eigenvalue weighted by molar-refractivity contribution is 0.0720. The molecule has 3 unspecified atom stereocenters. The van der Waals surface area contributed by atoms with Crippen LogP contribution in [-0.2, 0) is 0 Å². The number of fused-ring (bicyclic) bond motifs is 3.